The fraction of sp³-hybridized carbons (Fsp3) is 0.385. The molecule has 15 heavy (non-hydrogen) atoms. The van der Waals surface area contributed by atoms with E-state index in [1.165, 1.54) is 11.1 Å². The lowest BCUT2D eigenvalue weighted by atomic mass is 9.87. The lowest BCUT2D eigenvalue weighted by Crippen LogP contribution is -2.29. The second-order valence-electron chi connectivity index (χ2n) is 4.06. The van der Waals surface area contributed by atoms with E-state index >= 15 is 0 Å². The molecule has 1 aliphatic carbocycles. The minimum Gasteiger partial charge on any atom is -0.496 e. The van der Waals surface area contributed by atoms with Gasteiger partial charge in [0.05, 0.1) is 12.7 Å². The summed E-state index contributed by atoms with van der Waals surface area (Å²) in [4.78, 5) is 0. The van der Waals surface area contributed by atoms with Crippen LogP contribution in [-0.2, 0) is 11.2 Å². The van der Waals surface area contributed by atoms with E-state index in [9.17, 15) is 0 Å². The molecule has 2 heteroatoms. The zero-order valence-electron chi connectivity index (χ0n) is 9.41. The summed E-state index contributed by atoms with van der Waals surface area (Å²) in [6, 6.07) is 6.13. The van der Waals surface area contributed by atoms with Crippen molar-refractivity contribution in [2.45, 2.75) is 18.9 Å². The van der Waals surface area contributed by atoms with Gasteiger partial charge in [0.25, 0.3) is 0 Å². The van der Waals surface area contributed by atoms with Crippen LogP contribution in [0.3, 0.4) is 0 Å². The van der Waals surface area contributed by atoms with Crippen LogP contribution in [0.4, 0.5) is 0 Å². The molecule has 2 nitrogen and oxygen atoms in total. The van der Waals surface area contributed by atoms with Gasteiger partial charge >= 0.3 is 0 Å². The normalized spacial score (nSPS) is 23.7. The number of hydrogen-bond acceptors (Lipinski definition) is 2. The third-order valence-corrected chi connectivity index (χ3v) is 2.99. The molecule has 0 saturated heterocycles. The Balaban J connectivity index is 2.44. The Labute approximate surface area is 90.5 Å². The maximum atomic E-state index is 5.48. The summed E-state index contributed by atoms with van der Waals surface area (Å²) in [5, 5.41) is 0. The van der Waals surface area contributed by atoms with Crippen LogP contribution in [0.1, 0.15) is 18.1 Å². The second-order valence-corrected chi connectivity index (χ2v) is 4.06. The third kappa shape index (κ3) is 1.77. The highest BCUT2D eigenvalue weighted by Gasteiger charge is 2.26. The van der Waals surface area contributed by atoms with Crippen molar-refractivity contribution in [1.29, 1.82) is 0 Å². The van der Waals surface area contributed by atoms with Gasteiger partial charge in [-0.3, -0.25) is 0 Å². The molecule has 0 saturated carbocycles. The number of methoxy groups -OCH3 is 2. The zero-order chi connectivity index (χ0) is 10.9. The Morgan fingerprint density at radius 2 is 2.07 bits per heavy atom. The molecule has 0 amide bonds. The Kier molecular flexibility index (Phi) is 2.53. The van der Waals surface area contributed by atoms with Gasteiger partial charge in [-0.1, -0.05) is 24.3 Å². The van der Waals surface area contributed by atoms with E-state index in [4.69, 9.17) is 9.47 Å². The summed E-state index contributed by atoms with van der Waals surface area (Å²) in [5.74, 6) is 0.932. The minimum atomic E-state index is -0.181. The highest BCUT2D eigenvalue weighted by molar-refractivity contribution is 5.64. The Morgan fingerprint density at radius 1 is 1.27 bits per heavy atom. The minimum absolute atomic E-state index is 0.181. The number of hydrogen-bond donors (Lipinski definition) is 0. The number of fused-ring (bicyclic) bond motifs is 1. The van der Waals surface area contributed by atoms with E-state index in [2.05, 4.69) is 25.1 Å². The number of rotatable bonds is 2. The Hall–Kier alpha value is -1.28. The molecule has 0 aromatic heterocycles. The zero-order valence-corrected chi connectivity index (χ0v) is 9.41. The summed E-state index contributed by atoms with van der Waals surface area (Å²) in [6.07, 6.45) is 5.07. The van der Waals surface area contributed by atoms with Gasteiger partial charge < -0.3 is 9.47 Å². The largest absolute Gasteiger partial charge is 0.496 e. The molecule has 1 unspecified atom stereocenters. The first-order valence-corrected chi connectivity index (χ1v) is 5.09. The van der Waals surface area contributed by atoms with Gasteiger partial charge in [-0.25, -0.2) is 0 Å². The molecular weight excluding hydrogens is 188 g/mol. The molecule has 0 heterocycles. The first-order valence-electron chi connectivity index (χ1n) is 5.09. The first-order chi connectivity index (χ1) is 7.18. The summed E-state index contributed by atoms with van der Waals surface area (Å²) in [5.41, 5.74) is 2.27. The van der Waals surface area contributed by atoms with E-state index in [1.807, 2.05) is 12.1 Å². The predicted octanol–water partition coefficient (Wildman–Crippen LogP) is 2.67. The molecule has 1 aromatic rings. The van der Waals surface area contributed by atoms with E-state index in [0.717, 1.165) is 12.2 Å². The molecule has 1 aromatic carbocycles. The summed E-state index contributed by atoms with van der Waals surface area (Å²) < 4.78 is 10.8. The number of benzene rings is 1. The lowest BCUT2D eigenvalue weighted by Gasteiger charge is -2.29. The summed E-state index contributed by atoms with van der Waals surface area (Å²) in [7, 11) is 3.45. The maximum absolute atomic E-state index is 5.48. The fourth-order valence-corrected chi connectivity index (χ4v) is 1.95. The monoisotopic (exact) mass is 204 g/mol. The maximum Gasteiger partial charge on any atom is 0.126 e. The second kappa shape index (κ2) is 3.70. The van der Waals surface area contributed by atoms with Gasteiger partial charge in [0.15, 0.2) is 0 Å². The van der Waals surface area contributed by atoms with Crippen LogP contribution in [0.25, 0.3) is 6.08 Å². The molecule has 1 aliphatic rings. The molecule has 1 atom stereocenters. The van der Waals surface area contributed by atoms with Crippen LogP contribution in [0.15, 0.2) is 24.3 Å². The van der Waals surface area contributed by atoms with Crippen molar-refractivity contribution in [3.63, 3.8) is 0 Å². The van der Waals surface area contributed by atoms with Crippen LogP contribution >= 0.6 is 0 Å². The molecular formula is C13H16O2. The van der Waals surface area contributed by atoms with Crippen molar-refractivity contribution in [3.05, 3.63) is 35.4 Å². The standard InChI is InChI=1S/C13H16O2/c1-13(15-3)8-7-11-10(9-13)5-4-6-12(11)14-2/h4-8H,9H2,1-3H3. The quantitative estimate of drug-likeness (QED) is 0.737. The van der Waals surface area contributed by atoms with E-state index < -0.39 is 0 Å². The fourth-order valence-electron chi connectivity index (χ4n) is 1.95. The SMILES string of the molecule is COc1cccc2c1C=CC(C)(OC)C2. The molecule has 0 bridgehead atoms. The van der Waals surface area contributed by atoms with Crippen LogP contribution in [0.2, 0.25) is 0 Å². The van der Waals surface area contributed by atoms with Gasteiger partial charge in [-0.15, -0.1) is 0 Å². The van der Waals surface area contributed by atoms with Crippen LogP contribution in [0, 0.1) is 0 Å². The third-order valence-electron chi connectivity index (χ3n) is 2.99. The average molecular weight is 204 g/mol. The van der Waals surface area contributed by atoms with Crippen molar-refractivity contribution in [2.24, 2.45) is 0 Å². The van der Waals surface area contributed by atoms with E-state index in [-0.39, 0.29) is 5.60 Å². The lowest BCUT2D eigenvalue weighted by molar-refractivity contribution is 0.0487. The van der Waals surface area contributed by atoms with Crippen molar-refractivity contribution >= 4 is 6.08 Å². The molecule has 0 radical (unpaired) electrons. The van der Waals surface area contributed by atoms with Gasteiger partial charge in [0, 0.05) is 19.1 Å². The predicted molar refractivity (Wildman–Crippen MR) is 61.1 cm³/mol. The highest BCUT2D eigenvalue weighted by Crippen LogP contribution is 2.33. The summed E-state index contributed by atoms with van der Waals surface area (Å²) in [6.45, 7) is 2.09. The smallest absolute Gasteiger partial charge is 0.126 e. The Bertz CT molecular complexity index is 396. The van der Waals surface area contributed by atoms with E-state index in [0.29, 0.717) is 0 Å². The Morgan fingerprint density at radius 3 is 2.73 bits per heavy atom. The van der Waals surface area contributed by atoms with Gasteiger partial charge in [-0.2, -0.15) is 0 Å². The van der Waals surface area contributed by atoms with Crippen LogP contribution < -0.4 is 4.74 Å². The molecule has 0 aliphatic heterocycles. The molecule has 0 spiro atoms. The first kappa shape index (κ1) is 10.2. The molecule has 0 N–H and O–H groups in total. The van der Waals surface area contributed by atoms with Crippen LogP contribution in [-0.4, -0.2) is 19.8 Å². The topological polar surface area (TPSA) is 18.5 Å². The van der Waals surface area contributed by atoms with Crippen LogP contribution in [0.5, 0.6) is 5.75 Å². The van der Waals surface area contributed by atoms with Gasteiger partial charge in [0.1, 0.15) is 5.75 Å². The van der Waals surface area contributed by atoms with Crippen molar-refractivity contribution in [2.75, 3.05) is 14.2 Å². The number of ether oxygens (including phenoxy) is 2. The molecule has 80 valence electrons. The van der Waals surface area contributed by atoms with Crippen molar-refractivity contribution in [1.82, 2.24) is 0 Å². The van der Waals surface area contributed by atoms with Crippen molar-refractivity contribution in [3.8, 4) is 5.75 Å². The average Bonchev–Trinajstić information content (AvgIpc) is 2.28. The van der Waals surface area contributed by atoms with Gasteiger partial charge in [0.2, 0.25) is 0 Å². The van der Waals surface area contributed by atoms with Gasteiger partial charge in [-0.05, 0) is 18.6 Å². The molecule has 2 rings (SSSR count). The van der Waals surface area contributed by atoms with Crippen molar-refractivity contribution < 1.29 is 9.47 Å². The highest BCUT2D eigenvalue weighted by atomic mass is 16.5. The summed E-state index contributed by atoms with van der Waals surface area (Å²) >= 11 is 0. The van der Waals surface area contributed by atoms with E-state index in [1.54, 1.807) is 14.2 Å². The molecule has 0 fully saturated rings.